The van der Waals surface area contributed by atoms with Crippen LogP contribution in [0.15, 0.2) is 40.9 Å². The second-order valence-corrected chi connectivity index (χ2v) is 5.58. The molecule has 0 aromatic heterocycles. The molecule has 0 saturated carbocycles. The van der Waals surface area contributed by atoms with Gasteiger partial charge in [-0.25, -0.2) is 4.39 Å². The number of benzene rings is 2. The summed E-state index contributed by atoms with van der Waals surface area (Å²) in [4.78, 5) is 0.179. The van der Waals surface area contributed by atoms with Gasteiger partial charge in [0.15, 0.2) is 11.5 Å². The highest BCUT2D eigenvalue weighted by atomic mass is 79.9. The van der Waals surface area contributed by atoms with Gasteiger partial charge in [-0.15, -0.1) is 0 Å². The van der Waals surface area contributed by atoms with E-state index in [1.165, 1.54) is 13.2 Å². The quantitative estimate of drug-likeness (QED) is 0.813. The lowest BCUT2D eigenvalue weighted by Gasteiger charge is -2.15. The Morgan fingerprint density at radius 3 is 2.67 bits per heavy atom. The molecule has 2 aromatic rings. The van der Waals surface area contributed by atoms with E-state index in [0.717, 1.165) is 4.47 Å². The highest BCUT2D eigenvalue weighted by molar-refractivity contribution is 9.10. The van der Waals surface area contributed by atoms with Crippen molar-refractivity contribution >= 4 is 33.1 Å². The molecular weight excluding hydrogens is 357 g/mol. The molecule has 2 N–H and O–H groups in total. The van der Waals surface area contributed by atoms with E-state index in [1.54, 1.807) is 30.3 Å². The van der Waals surface area contributed by atoms with Crippen LogP contribution in [0.2, 0.25) is 0 Å². The molecule has 21 heavy (non-hydrogen) atoms. The Morgan fingerprint density at radius 1 is 1.33 bits per heavy atom. The average Bonchev–Trinajstić information content (AvgIpc) is 2.46. The van der Waals surface area contributed by atoms with E-state index in [2.05, 4.69) is 15.9 Å². The Morgan fingerprint density at radius 2 is 2.05 bits per heavy atom. The van der Waals surface area contributed by atoms with Crippen molar-refractivity contribution in [1.29, 1.82) is 0 Å². The Labute approximate surface area is 136 Å². The molecule has 0 radical (unpaired) electrons. The lowest BCUT2D eigenvalue weighted by atomic mass is 10.1. The van der Waals surface area contributed by atoms with Crippen LogP contribution in [0.5, 0.6) is 11.5 Å². The first kappa shape index (κ1) is 15.7. The minimum absolute atomic E-state index is 0.0558. The molecule has 0 aliphatic heterocycles. The molecule has 2 rings (SSSR count). The fourth-order valence-electron chi connectivity index (χ4n) is 1.82. The van der Waals surface area contributed by atoms with Crippen molar-refractivity contribution in [3.63, 3.8) is 0 Å². The van der Waals surface area contributed by atoms with Crippen LogP contribution in [0.4, 0.5) is 4.39 Å². The summed E-state index contributed by atoms with van der Waals surface area (Å²) in [6, 6.07) is 9.88. The Hall–Kier alpha value is -1.66. The second-order valence-electron chi connectivity index (χ2n) is 4.23. The normalized spacial score (nSPS) is 10.2. The van der Waals surface area contributed by atoms with Crippen LogP contribution in [-0.4, -0.2) is 12.1 Å². The van der Waals surface area contributed by atoms with Crippen molar-refractivity contribution in [3.8, 4) is 11.5 Å². The molecule has 0 spiro atoms. The van der Waals surface area contributed by atoms with Crippen LogP contribution >= 0.6 is 28.1 Å². The predicted molar refractivity (Wildman–Crippen MR) is 87.3 cm³/mol. The summed E-state index contributed by atoms with van der Waals surface area (Å²) in [6.07, 6.45) is 0. The molecule has 6 heteroatoms. The van der Waals surface area contributed by atoms with Crippen LogP contribution in [0.1, 0.15) is 11.1 Å². The molecule has 110 valence electrons. The highest BCUT2D eigenvalue weighted by Crippen LogP contribution is 2.35. The number of hydrogen-bond donors (Lipinski definition) is 1. The number of halogens is 2. The van der Waals surface area contributed by atoms with Crippen molar-refractivity contribution in [1.82, 2.24) is 0 Å². The maximum Gasteiger partial charge on any atom is 0.171 e. The fraction of sp³-hybridized carbons (Fsp3) is 0.133. The molecule has 0 fully saturated rings. The fourth-order valence-corrected chi connectivity index (χ4v) is 2.41. The average molecular weight is 370 g/mol. The zero-order valence-corrected chi connectivity index (χ0v) is 13.6. The molecule has 0 amide bonds. The van der Waals surface area contributed by atoms with Gasteiger partial charge in [0.05, 0.1) is 12.7 Å². The van der Waals surface area contributed by atoms with E-state index in [1.807, 2.05) is 0 Å². The number of ether oxygens (including phenoxy) is 2. The summed E-state index contributed by atoms with van der Waals surface area (Å²) >= 11 is 8.37. The zero-order chi connectivity index (χ0) is 15.4. The molecule has 3 nitrogen and oxygen atoms in total. The van der Waals surface area contributed by atoms with Crippen molar-refractivity contribution in [2.45, 2.75) is 6.61 Å². The number of nitrogens with two attached hydrogens (primary N) is 1. The largest absolute Gasteiger partial charge is 0.493 e. The first-order valence-corrected chi connectivity index (χ1v) is 7.26. The minimum atomic E-state index is -0.328. The smallest absolute Gasteiger partial charge is 0.171 e. The topological polar surface area (TPSA) is 44.5 Å². The monoisotopic (exact) mass is 369 g/mol. The predicted octanol–water partition coefficient (Wildman–Crippen LogP) is 3.81. The maximum atomic E-state index is 13.6. The molecule has 0 unspecified atom stereocenters. The summed E-state index contributed by atoms with van der Waals surface area (Å²) in [5.74, 6) is 0.547. The third-order valence-corrected chi connectivity index (χ3v) is 3.51. The van der Waals surface area contributed by atoms with E-state index < -0.39 is 0 Å². The molecular formula is C15H13BrFNO2S. The first-order chi connectivity index (χ1) is 10.0. The SMILES string of the molecule is COc1cc(Br)cc(C(N)=S)c1OCc1ccccc1F. The van der Waals surface area contributed by atoms with Gasteiger partial charge in [-0.3, -0.25) is 0 Å². The summed E-state index contributed by atoms with van der Waals surface area (Å²) < 4.78 is 25.4. The summed E-state index contributed by atoms with van der Waals surface area (Å²) in [6.45, 7) is 0.0558. The standard InChI is InChI=1S/C15H13BrFNO2S/c1-19-13-7-10(16)6-11(15(18)21)14(13)20-8-9-4-2-3-5-12(9)17/h2-7H,8H2,1H3,(H2,18,21). The Balaban J connectivity index is 2.34. The number of methoxy groups -OCH3 is 1. The van der Waals surface area contributed by atoms with Crippen molar-refractivity contribution < 1.29 is 13.9 Å². The molecule has 0 heterocycles. The van der Waals surface area contributed by atoms with Gasteiger partial charge < -0.3 is 15.2 Å². The van der Waals surface area contributed by atoms with E-state index in [4.69, 9.17) is 27.4 Å². The van der Waals surface area contributed by atoms with Crippen LogP contribution in [0.3, 0.4) is 0 Å². The molecule has 0 atom stereocenters. The van der Waals surface area contributed by atoms with Gasteiger partial charge in [-0.2, -0.15) is 0 Å². The zero-order valence-electron chi connectivity index (χ0n) is 11.2. The Bertz CT molecular complexity index is 679. The molecule has 0 aliphatic carbocycles. The number of thiocarbonyl (C=S) groups is 1. The van der Waals surface area contributed by atoms with Crippen LogP contribution in [0, 0.1) is 5.82 Å². The Kier molecular flexibility index (Phi) is 5.14. The number of rotatable bonds is 5. The molecule has 0 bridgehead atoms. The van der Waals surface area contributed by atoms with Gasteiger partial charge in [-0.1, -0.05) is 46.3 Å². The van der Waals surface area contributed by atoms with Gasteiger partial charge >= 0.3 is 0 Å². The van der Waals surface area contributed by atoms with E-state index in [0.29, 0.717) is 22.6 Å². The van der Waals surface area contributed by atoms with Gasteiger partial charge in [0.1, 0.15) is 17.4 Å². The van der Waals surface area contributed by atoms with Gasteiger partial charge in [0.25, 0.3) is 0 Å². The lowest BCUT2D eigenvalue weighted by Crippen LogP contribution is -2.13. The van der Waals surface area contributed by atoms with Gasteiger partial charge in [0.2, 0.25) is 0 Å². The summed E-state index contributed by atoms with van der Waals surface area (Å²) in [7, 11) is 1.51. The molecule has 0 aliphatic rings. The van der Waals surface area contributed by atoms with Crippen LogP contribution < -0.4 is 15.2 Å². The maximum absolute atomic E-state index is 13.6. The van der Waals surface area contributed by atoms with Crippen molar-refractivity contribution in [3.05, 3.63) is 57.8 Å². The third kappa shape index (κ3) is 3.71. The second kappa shape index (κ2) is 6.87. The van der Waals surface area contributed by atoms with Crippen molar-refractivity contribution in [2.75, 3.05) is 7.11 Å². The first-order valence-electron chi connectivity index (χ1n) is 6.06. The summed E-state index contributed by atoms with van der Waals surface area (Å²) in [5, 5.41) is 0. The van der Waals surface area contributed by atoms with Crippen molar-refractivity contribution in [2.24, 2.45) is 5.73 Å². The van der Waals surface area contributed by atoms with Crippen LogP contribution in [0.25, 0.3) is 0 Å². The summed E-state index contributed by atoms with van der Waals surface area (Å²) in [5.41, 5.74) is 6.68. The third-order valence-electron chi connectivity index (χ3n) is 2.83. The minimum Gasteiger partial charge on any atom is -0.493 e. The highest BCUT2D eigenvalue weighted by Gasteiger charge is 2.15. The van der Waals surface area contributed by atoms with Crippen LogP contribution in [-0.2, 0) is 6.61 Å². The molecule has 0 saturated heterocycles. The van der Waals surface area contributed by atoms with Gasteiger partial charge in [-0.05, 0) is 18.2 Å². The van der Waals surface area contributed by atoms with E-state index >= 15 is 0 Å². The van der Waals surface area contributed by atoms with Gasteiger partial charge in [0, 0.05) is 10.0 Å². The van der Waals surface area contributed by atoms with E-state index in [9.17, 15) is 4.39 Å². The lowest BCUT2D eigenvalue weighted by molar-refractivity contribution is 0.279. The van der Waals surface area contributed by atoms with E-state index in [-0.39, 0.29) is 17.4 Å². The number of hydrogen-bond acceptors (Lipinski definition) is 3. The molecule has 2 aromatic carbocycles.